The maximum Gasteiger partial charge on any atom is 0.472 e. The van der Waals surface area contributed by atoms with Gasteiger partial charge in [0, 0.05) is 12.8 Å². The van der Waals surface area contributed by atoms with Gasteiger partial charge in [0.15, 0.2) is 6.10 Å². The van der Waals surface area contributed by atoms with Crippen molar-refractivity contribution in [2.75, 3.05) is 26.4 Å². The Hall–Kier alpha value is -2.07. The van der Waals surface area contributed by atoms with Gasteiger partial charge in [-0.1, -0.05) is 217 Å². The smallest absolute Gasteiger partial charge is 0.462 e. The highest BCUT2D eigenvalue weighted by atomic mass is 31.2. The highest BCUT2D eigenvalue weighted by Gasteiger charge is 2.27. The van der Waals surface area contributed by atoms with E-state index in [0.717, 1.165) is 70.6 Å². The molecule has 0 aliphatic rings. The van der Waals surface area contributed by atoms with E-state index in [9.17, 15) is 24.2 Å². The van der Waals surface area contributed by atoms with Crippen molar-refractivity contribution >= 4 is 19.8 Å². The molecule has 368 valence electrons. The molecule has 0 aromatic heterocycles. The fraction of sp³-hybridized carbons (Fsp3) is 0.808. The zero-order valence-corrected chi connectivity index (χ0v) is 41.2. The molecule has 0 aromatic carbocycles. The summed E-state index contributed by atoms with van der Waals surface area (Å²) < 4.78 is 32.9. The molecule has 0 saturated carbocycles. The molecule has 3 unspecified atom stereocenters. The summed E-state index contributed by atoms with van der Waals surface area (Å²) in [6.45, 7) is 2.30. The Morgan fingerprint density at radius 3 is 1.32 bits per heavy atom. The minimum absolute atomic E-state index is 0.180. The molecule has 0 aliphatic carbocycles. The second-order valence-corrected chi connectivity index (χ2v) is 18.6. The first-order valence-corrected chi connectivity index (χ1v) is 27.1. The lowest BCUT2D eigenvalue weighted by molar-refractivity contribution is -0.161. The zero-order valence-electron chi connectivity index (χ0n) is 40.3. The largest absolute Gasteiger partial charge is 0.472 e. The molecule has 0 aliphatic heterocycles. The van der Waals surface area contributed by atoms with Crippen LogP contribution >= 0.6 is 7.82 Å². The van der Waals surface area contributed by atoms with E-state index >= 15 is 0 Å². The number of aliphatic hydroxyl groups is 2. The first-order chi connectivity index (χ1) is 30.7. The third kappa shape index (κ3) is 47.7. The molecule has 0 saturated heterocycles. The number of hydrogen-bond acceptors (Lipinski definition) is 9. The standard InChI is InChI=1S/C52H95O10P/c1-3-5-7-9-11-13-15-17-19-21-22-23-24-25-26-28-30-32-34-36-38-40-42-44-52(56)62-50(48-61-63(57,58)60-46-49(54)45-53)47-59-51(55)43-41-39-37-35-33-31-29-27-20-18-16-14-12-10-8-6-4-2/h5,7,11,13,17,19,22-23,49-50,53-54H,3-4,6,8-10,12,14-16,18,20-21,24-48H2,1-2H3,(H,57,58)/b7-5-,13-11-,19-17-,23-22-. The number of phosphoric ester groups is 1. The molecule has 0 heterocycles. The Kier molecular flexibility index (Phi) is 46.3. The van der Waals surface area contributed by atoms with E-state index < -0.39 is 51.8 Å². The summed E-state index contributed by atoms with van der Waals surface area (Å²) >= 11 is 0. The van der Waals surface area contributed by atoms with Crippen LogP contribution in [-0.2, 0) is 32.7 Å². The molecule has 0 fully saturated rings. The molecule has 11 heteroatoms. The minimum Gasteiger partial charge on any atom is -0.462 e. The molecule has 3 N–H and O–H groups in total. The van der Waals surface area contributed by atoms with E-state index in [1.54, 1.807) is 0 Å². The van der Waals surface area contributed by atoms with Gasteiger partial charge in [0.1, 0.15) is 12.7 Å². The summed E-state index contributed by atoms with van der Waals surface area (Å²) in [5, 5.41) is 18.4. The Labute approximate surface area is 385 Å². The summed E-state index contributed by atoms with van der Waals surface area (Å²) in [5.74, 6) is -0.921. The van der Waals surface area contributed by atoms with Crippen molar-refractivity contribution in [2.45, 2.75) is 244 Å². The number of esters is 2. The van der Waals surface area contributed by atoms with Gasteiger partial charge in [0.05, 0.1) is 19.8 Å². The van der Waals surface area contributed by atoms with Crippen molar-refractivity contribution in [3.8, 4) is 0 Å². The lowest BCUT2D eigenvalue weighted by Crippen LogP contribution is -2.29. The first-order valence-electron chi connectivity index (χ1n) is 25.6. The van der Waals surface area contributed by atoms with Gasteiger partial charge in [-0.25, -0.2) is 4.57 Å². The van der Waals surface area contributed by atoms with Crippen molar-refractivity contribution in [1.82, 2.24) is 0 Å². The normalized spacial score (nSPS) is 14.0. The monoisotopic (exact) mass is 911 g/mol. The summed E-state index contributed by atoms with van der Waals surface area (Å²) in [4.78, 5) is 35.2. The number of carbonyl (C=O) groups is 2. The summed E-state index contributed by atoms with van der Waals surface area (Å²) in [6, 6.07) is 0. The summed E-state index contributed by atoms with van der Waals surface area (Å²) in [6.07, 6.45) is 53.6. The van der Waals surface area contributed by atoms with Gasteiger partial charge in [-0.3, -0.25) is 18.6 Å². The number of carbonyl (C=O) groups excluding carboxylic acids is 2. The fourth-order valence-corrected chi connectivity index (χ4v) is 7.89. The second kappa shape index (κ2) is 47.9. The number of phosphoric acid groups is 1. The van der Waals surface area contributed by atoms with E-state index in [0.29, 0.717) is 12.8 Å². The predicted molar refractivity (Wildman–Crippen MR) is 261 cm³/mol. The Bertz CT molecular complexity index is 1190. The zero-order chi connectivity index (χ0) is 46.2. The van der Waals surface area contributed by atoms with E-state index in [2.05, 4.69) is 62.5 Å². The Morgan fingerprint density at radius 1 is 0.492 bits per heavy atom. The average Bonchev–Trinajstić information content (AvgIpc) is 3.27. The molecule has 0 bridgehead atoms. The topological polar surface area (TPSA) is 149 Å². The van der Waals surface area contributed by atoms with Gasteiger partial charge >= 0.3 is 19.8 Å². The molecule has 0 amide bonds. The van der Waals surface area contributed by atoms with Gasteiger partial charge in [0.25, 0.3) is 0 Å². The lowest BCUT2D eigenvalue weighted by atomic mass is 10.0. The van der Waals surface area contributed by atoms with Crippen LogP contribution in [0.5, 0.6) is 0 Å². The summed E-state index contributed by atoms with van der Waals surface area (Å²) in [7, 11) is -4.62. The molecule has 0 spiro atoms. The number of aliphatic hydroxyl groups excluding tert-OH is 2. The average molecular weight is 911 g/mol. The van der Waals surface area contributed by atoms with E-state index in [-0.39, 0.29) is 19.4 Å². The number of rotatable bonds is 48. The van der Waals surface area contributed by atoms with Crippen LogP contribution in [0.25, 0.3) is 0 Å². The van der Waals surface area contributed by atoms with Crippen molar-refractivity contribution in [1.29, 1.82) is 0 Å². The van der Waals surface area contributed by atoms with Crippen LogP contribution in [0.3, 0.4) is 0 Å². The van der Waals surface area contributed by atoms with Crippen molar-refractivity contribution in [2.24, 2.45) is 0 Å². The minimum atomic E-state index is -4.62. The van der Waals surface area contributed by atoms with Crippen LogP contribution in [0.2, 0.25) is 0 Å². The fourth-order valence-electron chi connectivity index (χ4n) is 7.10. The molecule has 10 nitrogen and oxygen atoms in total. The van der Waals surface area contributed by atoms with Crippen LogP contribution < -0.4 is 0 Å². The molecule has 0 radical (unpaired) electrons. The highest BCUT2D eigenvalue weighted by molar-refractivity contribution is 7.47. The Morgan fingerprint density at radius 2 is 0.873 bits per heavy atom. The van der Waals surface area contributed by atoms with Crippen LogP contribution in [-0.4, -0.2) is 65.7 Å². The molecule has 3 atom stereocenters. The second-order valence-electron chi connectivity index (χ2n) is 17.2. The highest BCUT2D eigenvalue weighted by Crippen LogP contribution is 2.43. The lowest BCUT2D eigenvalue weighted by Gasteiger charge is -2.20. The van der Waals surface area contributed by atoms with E-state index in [4.69, 9.17) is 23.6 Å². The van der Waals surface area contributed by atoms with Crippen LogP contribution in [0.1, 0.15) is 232 Å². The maximum atomic E-state index is 12.7. The van der Waals surface area contributed by atoms with Crippen molar-refractivity contribution in [3.63, 3.8) is 0 Å². The molecule has 63 heavy (non-hydrogen) atoms. The third-order valence-corrected chi connectivity index (χ3v) is 11.9. The van der Waals surface area contributed by atoms with Crippen molar-refractivity contribution < 1.29 is 47.8 Å². The van der Waals surface area contributed by atoms with E-state index in [1.807, 2.05) is 0 Å². The van der Waals surface area contributed by atoms with Gasteiger partial charge in [-0.2, -0.15) is 0 Å². The van der Waals surface area contributed by atoms with Gasteiger partial charge < -0.3 is 24.6 Å². The number of hydrogen-bond donors (Lipinski definition) is 3. The quantitative estimate of drug-likeness (QED) is 0.0233. The summed E-state index contributed by atoms with van der Waals surface area (Å²) in [5.41, 5.74) is 0. The molecule has 0 aromatic rings. The maximum absolute atomic E-state index is 12.7. The Balaban J connectivity index is 4.17. The van der Waals surface area contributed by atoms with Crippen LogP contribution in [0.4, 0.5) is 0 Å². The molecule has 0 rings (SSSR count). The number of allylic oxidation sites excluding steroid dienone is 8. The number of ether oxygens (including phenoxy) is 2. The number of unbranched alkanes of at least 4 members (excludes halogenated alkanes) is 26. The SMILES string of the molecule is CC/C=C\C/C=C\C/C=C\C/C=C\CCCCCCCCCCCCC(=O)OC(COC(=O)CCCCCCCCCCCCCCCCCCC)COP(=O)(O)OCC(O)CO. The molecular formula is C52H95O10P. The predicted octanol–water partition coefficient (Wildman–Crippen LogP) is 14.5. The third-order valence-electron chi connectivity index (χ3n) is 11.0. The van der Waals surface area contributed by atoms with Crippen molar-refractivity contribution in [3.05, 3.63) is 48.6 Å². The van der Waals surface area contributed by atoms with Crippen LogP contribution in [0, 0.1) is 0 Å². The van der Waals surface area contributed by atoms with Gasteiger partial charge in [0.2, 0.25) is 0 Å². The van der Waals surface area contributed by atoms with Gasteiger partial charge in [-0.15, -0.1) is 0 Å². The molecular weight excluding hydrogens is 816 g/mol. The van der Waals surface area contributed by atoms with Crippen LogP contribution in [0.15, 0.2) is 48.6 Å². The first kappa shape index (κ1) is 60.9. The van der Waals surface area contributed by atoms with E-state index in [1.165, 1.54) is 122 Å². The van der Waals surface area contributed by atoms with Gasteiger partial charge in [-0.05, 0) is 51.4 Å².